The second kappa shape index (κ2) is 5.20. The first-order valence-corrected chi connectivity index (χ1v) is 6.98. The van der Waals surface area contributed by atoms with Crippen molar-refractivity contribution in [1.29, 1.82) is 0 Å². The van der Waals surface area contributed by atoms with Gasteiger partial charge in [0.05, 0.1) is 24.4 Å². The molecule has 0 saturated carbocycles. The second-order valence-electron chi connectivity index (χ2n) is 5.08. The predicted molar refractivity (Wildman–Crippen MR) is 82.9 cm³/mol. The van der Waals surface area contributed by atoms with Gasteiger partial charge in [-0.2, -0.15) is 10.1 Å². The van der Waals surface area contributed by atoms with Crippen LogP contribution in [0.25, 0.3) is 22.5 Å². The largest absolute Gasteiger partial charge is 0.463 e. The van der Waals surface area contributed by atoms with Crippen LogP contribution in [0, 0.1) is 5.82 Å². The highest BCUT2D eigenvalue weighted by molar-refractivity contribution is 5.89. The number of hydrogen-bond donors (Lipinski definition) is 1. The number of nitrogens with zero attached hydrogens (tertiary/aromatic N) is 4. The molecule has 7 heteroatoms. The molecule has 0 aliphatic carbocycles. The maximum atomic E-state index is 13.3. The van der Waals surface area contributed by atoms with Crippen LogP contribution in [0.4, 0.5) is 10.3 Å². The molecule has 4 rings (SSSR count). The highest BCUT2D eigenvalue weighted by Gasteiger charge is 2.15. The maximum absolute atomic E-state index is 13.3. The summed E-state index contributed by atoms with van der Waals surface area (Å²) >= 11 is 0. The van der Waals surface area contributed by atoms with Crippen molar-refractivity contribution in [2.75, 3.05) is 5.73 Å². The van der Waals surface area contributed by atoms with Gasteiger partial charge in [0.1, 0.15) is 11.5 Å². The zero-order valence-corrected chi connectivity index (χ0v) is 12.0. The Labute approximate surface area is 130 Å². The lowest BCUT2D eigenvalue weighted by Crippen LogP contribution is -2.05. The third-order valence-electron chi connectivity index (χ3n) is 3.49. The Morgan fingerprint density at radius 2 is 2.09 bits per heavy atom. The Balaban J connectivity index is 1.83. The van der Waals surface area contributed by atoms with E-state index in [-0.39, 0.29) is 11.8 Å². The van der Waals surface area contributed by atoms with Crippen LogP contribution in [0.5, 0.6) is 0 Å². The quantitative estimate of drug-likeness (QED) is 0.629. The van der Waals surface area contributed by atoms with Gasteiger partial charge in [0.25, 0.3) is 0 Å². The van der Waals surface area contributed by atoms with Crippen LogP contribution in [-0.2, 0) is 6.54 Å². The second-order valence-corrected chi connectivity index (χ2v) is 5.08. The predicted octanol–water partition coefficient (Wildman–Crippen LogP) is 2.86. The van der Waals surface area contributed by atoms with Crippen LogP contribution in [0.2, 0.25) is 0 Å². The molecule has 114 valence electrons. The summed E-state index contributed by atoms with van der Waals surface area (Å²) in [6.45, 7) is 0.384. The van der Waals surface area contributed by atoms with Crippen molar-refractivity contribution in [3.63, 3.8) is 0 Å². The summed E-state index contributed by atoms with van der Waals surface area (Å²) in [6.07, 6.45) is 3.22. The number of aromatic nitrogens is 4. The molecule has 0 radical (unpaired) electrons. The number of anilines is 1. The molecular weight excluding hydrogens is 297 g/mol. The lowest BCUT2D eigenvalue weighted by atomic mass is 10.2. The minimum atomic E-state index is -0.288. The minimum absolute atomic E-state index is 0.130. The highest BCUT2D eigenvalue weighted by atomic mass is 19.1. The normalized spacial score (nSPS) is 11.2. The first kappa shape index (κ1) is 13.4. The molecule has 23 heavy (non-hydrogen) atoms. The maximum Gasteiger partial charge on any atom is 0.222 e. The van der Waals surface area contributed by atoms with E-state index in [0.29, 0.717) is 23.6 Å². The van der Waals surface area contributed by atoms with Crippen molar-refractivity contribution in [2.24, 2.45) is 0 Å². The molecule has 0 amide bonds. The summed E-state index contributed by atoms with van der Waals surface area (Å²) in [6, 6.07) is 9.93. The third kappa shape index (κ3) is 2.42. The van der Waals surface area contributed by atoms with Gasteiger partial charge >= 0.3 is 0 Å². The van der Waals surface area contributed by atoms with Gasteiger partial charge in [-0.3, -0.25) is 0 Å². The Morgan fingerprint density at radius 1 is 1.17 bits per heavy atom. The fourth-order valence-electron chi connectivity index (χ4n) is 2.50. The van der Waals surface area contributed by atoms with E-state index in [1.807, 2.05) is 6.07 Å². The van der Waals surface area contributed by atoms with Gasteiger partial charge in [-0.1, -0.05) is 12.1 Å². The number of rotatable bonds is 3. The van der Waals surface area contributed by atoms with Gasteiger partial charge in [0, 0.05) is 0 Å². The van der Waals surface area contributed by atoms with E-state index >= 15 is 0 Å². The fourth-order valence-corrected chi connectivity index (χ4v) is 2.50. The molecule has 0 fully saturated rings. The molecule has 0 saturated heterocycles. The summed E-state index contributed by atoms with van der Waals surface area (Å²) in [5.74, 6) is 0.434. The zero-order valence-electron chi connectivity index (χ0n) is 12.0. The minimum Gasteiger partial charge on any atom is -0.463 e. The third-order valence-corrected chi connectivity index (χ3v) is 3.49. The van der Waals surface area contributed by atoms with Crippen LogP contribution in [0.15, 0.2) is 53.3 Å². The van der Waals surface area contributed by atoms with Gasteiger partial charge in [0.15, 0.2) is 11.4 Å². The lowest BCUT2D eigenvalue weighted by molar-refractivity contribution is 0.580. The molecule has 3 aromatic heterocycles. The Kier molecular flexibility index (Phi) is 3.04. The number of fused-ring (bicyclic) bond motifs is 1. The van der Waals surface area contributed by atoms with Gasteiger partial charge in [-0.15, -0.1) is 0 Å². The molecule has 2 N–H and O–H groups in total. The molecule has 3 heterocycles. The molecule has 0 unspecified atom stereocenters. The Morgan fingerprint density at radius 3 is 2.87 bits per heavy atom. The number of hydrogen-bond acceptors (Lipinski definition) is 5. The summed E-state index contributed by atoms with van der Waals surface area (Å²) in [5, 5.41) is 5.05. The molecule has 6 nitrogen and oxygen atoms in total. The van der Waals surface area contributed by atoms with Gasteiger partial charge in [0.2, 0.25) is 5.95 Å². The molecule has 0 spiro atoms. The van der Waals surface area contributed by atoms with Crippen molar-refractivity contribution < 1.29 is 8.81 Å². The van der Waals surface area contributed by atoms with E-state index in [1.165, 1.54) is 12.1 Å². The Hall–Kier alpha value is -3.22. The van der Waals surface area contributed by atoms with Crippen LogP contribution in [-0.4, -0.2) is 19.7 Å². The fraction of sp³-hybridized carbons (Fsp3) is 0.0625. The number of benzene rings is 1. The molecule has 0 bridgehead atoms. The highest BCUT2D eigenvalue weighted by Crippen LogP contribution is 2.27. The standard InChI is InChI=1S/C16H12FN5O/c17-11-4-1-3-10(7-11)9-22-15-12(8-19-22)14(20-16(18)21-15)13-5-2-6-23-13/h1-8H,9H2,(H2,18,20,21). The Bertz CT molecular complexity index is 977. The number of nitrogen functional groups attached to an aromatic ring is 1. The molecule has 0 aliphatic rings. The first-order valence-electron chi connectivity index (χ1n) is 6.98. The van der Waals surface area contributed by atoms with Gasteiger partial charge in [-0.05, 0) is 29.8 Å². The molecular formula is C16H12FN5O. The SMILES string of the molecule is Nc1nc(-c2ccco2)c2cnn(Cc3cccc(F)c3)c2n1. The smallest absolute Gasteiger partial charge is 0.222 e. The van der Waals surface area contributed by atoms with Crippen molar-refractivity contribution in [2.45, 2.75) is 6.54 Å². The van der Waals surface area contributed by atoms with Crippen molar-refractivity contribution in [3.05, 3.63) is 60.2 Å². The molecule has 0 aliphatic heterocycles. The number of nitrogens with two attached hydrogens (primary N) is 1. The number of halogens is 1. The first-order chi connectivity index (χ1) is 11.2. The zero-order chi connectivity index (χ0) is 15.8. The van der Waals surface area contributed by atoms with Crippen LogP contribution < -0.4 is 5.73 Å². The average molecular weight is 309 g/mol. The van der Waals surface area contributed by atoms with E-state index in [0.717, 1.165) is 10.9 Å². The topological polar surface area (TPSA) is 82.8 Å². The average Bonchev–Trinajstić information content (AvgIpc) is 3.17. The summed E-state index contributed by atoms with van der Waals surface area (Å²) in [5.41, 5.74) is 7.76. The van der Waals surface area contributed by atoms with E-state index in [9.17, 15) is 4.39 Å². The summed E-state index contributed by atoms with van der Waals surface area (Å²) < 4.78 is 20.4. The molecule has 1 aromatic carbocycles. The summed E-state index contributed by atoms with van der Waals surface area (Å²) in [4.78, 5) is 8.49. The monoisotopic (exact) mass is 309 g/mol. The van der Waals surface area contributed by atoms with Crippen molar-refractivity contribution in [1.82, 2.24) is 19.7 Å². The molecule has 4 aromatic rings. The van der Waals surface area contributed by atoms with Crippen molar-refractivity contribution >= 4 is 17.0 Å². The van der Waals surface area contributed by atoms with E-state index in [4.69, 9.17) is 10.2 Å². The van der Waals surface area contributed by atoms with Crippen LogP contribution in [0.1, 0.15) is 5.56 Å². The molecule has 0 atom stereocenters. The van der Waals surface area contributed by atoms with Crippen LogP contribution >= 0.6 is 0 Å². The van der Waals surface area contributed by atoms with E-state index in [2.05, 4.69) is 15.1 Å². The van der Waals surface area contributed by atoms with Gasteiger partial charge in [-0.25, -0.2) is 14.1 Å². The lowest BCUT2D eigenvalue weighted by Gasteiger charge is -2.05. The van der Waals surface area contributed by atoms with Gasteiger partial charge < -0.3 is 10.2 Å². The van der Waals surface area contributed by atoms with Crippen molar-refractivity contribution in [3.8, 4) is 11.5 Å². The summed E-state index contributed by atoms with van der Waals surface area (Å²) in [7, 11) is 0. The number of furan rings is 1. The van der Waals surface area contributed by atoms with E-state index < -0.39 is 0 Å². The van der Waals surface area contributed by atoms with Crippen LogP contribution in [0.3, 0.4) is 0 Å². The van der Waals surface area contributed by atoms with E-state index in [1.54, 1.807) is 35.3 Å².